The van der Waals surface area contributed by atoms with E-state index in [4.69, 9.17) is 0 Å². The first-order valence-electron chi connectivity index (χ1n) is 7.78. The molecule has 2 nitrogen and oxygen atoms in total. The summed E-state index contributed by atoms with van der Waals surface area (Å²) in [4.78, 5) is 11.4. The Kier molecular flexibility index (Phi) is 10.1. The van der Waals surface area contributed by atoms with Gasteiger partial charge in [0.2, 0.25) is 0 Å². The zero-order valence-corrected chi connectivity index (χ0v) is 20.6. The van der Waals surface area contributed by atoms with Crippen LogP contribution in [0.1, 0.15) is 20.9 Å². The van der Waals surface area contributed by atoms with Crippen LogP contribution >= 0.6 is 52.0 Å². The number of rotatable bonds is 4. The Hall–Kier alpha value is -0.541. The van der Waals surface area contributed by atoms with Crippen LogP contribution in [0.2, 0.25) is 0 Å². The maximum atomic E-state index is 4.56. The number of nitrogens with zero attached hydrogens (tertiary/aromatic N) is 2. The van der Waals surface area contributed by atoms with Gasteiger partial charge in [0.15, 0.2) is 0 Å². The van der Waals surface area contributed by atoms with Crippen molar-refractivity contribution in [2.24, 2.45) is 9.98 Å². The van der Waals surface area contributed by atoms with Crippen LogP contribution in [0.4, 0.5) is 11.4 Å². The molecule has 6 heteroatoms. The van der Waals surface area contributed by atoms with Crippen LogP contribution in [0.5, 0.6) is 0 Å². The molecule has 0 aliphatic carbocycles. The number of para-hydroxylation sites is 2. The molecule has 0 spiro atoms. The fourth-order valence-corrected chi connectivity index (χ4v) is 2.95. The first-order valence-corrected chi connectivity index (χ1v) is 15.7. The van der Waals surface area contributed by atoms with E-state index in [1.807, 2.05) is 48.8 Å². The molecular formula is C20H18FeI2N2S. The van der Waals surface area contributed by atoms with Gasteiger partial charge in [-0.1, -0.05) is 36.4 Å². The molecule has 0 saturated heterocycles. The first-order chi connectivity index (χ1) is 12.6. The van der Waals surface area contributed by atoms with E-state index in [-0.39, 0.29) is 0 Å². The molecule has 0 aliphatic heterocycles. The molecule has 0 bridgehead atoms. The number of aryl methyl sites for hydroxylation is 2. The number of benzene rings is 2. The quantitative estimate of drug-likeness (QED) is 0.161. The molecule has 26 heavy (non-hydrogen) atoms. The molecule has 0 atom stereocenters. The third-order valence-corrected chi connectivity index (χ3v) is 4.49. The second-order valence-electron chi connectivity index (χ2n) is 5.38. The average molecular weight is 628 g/mol. The summed E-state index contributed by atoms with van der Waals surface area (Å²) in [5.74, 6) is 0. The second-order valence-corrected chi connectivity index (χ2v) is 15.8. The van der Waals surface area contributed by atoms with Crippen LogP contribution < -0.4 is 0 Å². The Bertz CT molecular complexity index is 821. The van der Waals surface area contributed by atoms with E-state index in [1.165, 1.54) is 19.6 Å². The fraction of sp³-hybridized carbons (Fsp3) is 0.100. The minimum atomic E-state index is 1.01. The van der Waals surface area contributed by atoms with Crippen molar-refractivity contribution in [3.8, 4) is 0 Å². The zero-order chi connectivity index (χ0) is 18.8. The normalized spacial score (nSPS) is 11.1. The van der Waals surface area contributed by atoms with Crippen molar-refractivity contribution in [3.05, 3.63) is 81.5 Å². The van der Waals surface area contributed by atoms with Gasteiger partial charge in [0, 0.05) is 22.2 Å². The van der Waals surface area contributed by atoms with Gasteiger partial charge >= 0.3 is 49.1 Å². The fourth-order valence-electron chi connectivity index (χ4n) is 2.19. The molecule has 136 valence electrons. The van der Waals surface area contributed by atoms with Gasteiger partial charge in [0.05, 0.1) is 11.4 Å². The number of thiophene rings is 1. The van der Waals surface area contributed by atoms with E-state index < -0.39 is 0 Å². The standard InChI is InChI=1S/C20H18N2S.Fe.2HI/c1-15-7-3-5-9-19(15)21-13-17-11-12-18(23-17)14-22-20-10-6-4-8-16(20)2;;;/h3-14H,1-2H3;;2*1H/q;+2;;/p-2. The molecule has 3 rings (SSSR count). The summed E-state index contributed by atoms with van der Waals surface area (Å²) < 4.78 is 0. The van der Waals surface area contributed by atoms with Gasteiger partial charge in [-0.2, -0.15) is 0 Å². The summed E-state index contributed by atoms with van der Waals surface area (Å²) in [5.41, 5.74) is 4.38. The van der Waals surface area contributed by atoms with Gasteiger partial charge in [0.25, 0.3) is 0 Å². The van der Waals surface area contributed by atoms with Crippen molar-refractivity contribution in [2.45, 2.75) is 13.8 Å². The molecule has 0 aliphatic rings. The van der Waals surface area contributed by atoms with E-state index in [0.717, 1.165) is 21.1 Å². The van der Waals surface area contributed by atoms with Gasteiger partial charge in [-0.3, -0.25) is 9.98 Å². The Morgan fingerprint density at radius 2 is 1.12 bits per heavy atom. The van der Waals surface area contributed by atoms with Gasteiger partial charge < -0.3 is 0 Å². The molecule has 2 aromatic carbocycles. The number of aliphatic imine (C=N–C) groups is 2. The van der Waals surface area contributed by atoms with Crippen molar-refractivity contribution < 1.29 is 8.46 Å². The predicted molar refractivity (Wildman–Crippen MR) is 129 cm³/mol. The molecule has 0 amide bonds. The summed E-state index contributed by atoms with van der Waals surface area (Å²) in [7, 11) is 1.19. The SMILES string of the molecule is Cc1ccccc1N=Cc1ccc(C=Nc2ccccc2C)s1.[I][Fe][I]. The number of halogens is 2. The summed E-state index contributed by atoms with van der Waals surface area (Å²) in [5, 5.41) is 0. The van der Waals surface area contributed by atoms with Gasteiger partial charge in [0.1, 0.15) is 0 Å². The Morgan fingerprint density at radius 1 is 0.731 bits per heavy atom. The molecular weight excluding hydrogens is 610 g/mol. The Morgan fingerprint density at radius 3 is 1.50 bits per heavy atom. The third kappa shape index (κ3) is 7.23. The van der Waals surface area contributed by atoms with Crippen molar-refractivity contribution in [2.75, 3.05) is 0 Å². The van der Waals surface area contributed by atoms with Crippen LogP contribution in [0, 0.1) is 13.8 Å². The summed E-state index contributed by atoms with van der Waals surface area (Å²) >= 11 is 6.23. The number of hydrogen-bond acceptors (Lipinski definition) is 3. The summed E-state index contributed by atoms with van der Waals surface area (Å²) in [6.07, 6.45) is 3.83. The van der Waals surface area contributed by atoms with Crippen LogP contribution in [0.3, 0.4) is 0 Å². The Labute approximate surface area is 187 Å². The molecule has 3 aromatic rings. The van der Waals surface area contributed by atoms with Crippen LogP contribution in [0.15, 0.2) is 70.6 Å². The monoisotopic (exact) mass is 628 g/mol. The molecule has 1 aromatic heterocycles. The van der Waals surface area contributed by atoms with Crippen LogP contribution in [-0.4, -0.2) is 12.4 Å². The van der Waals surface area contributed by atoms with E-state index in [1.54, 1.807) is 11.3 Å². The Balaban J connectivity index is 0.000000758. The van der Waals surface area contributed by atoms with Gasteiger partial charge in [-0.15, -0.1) is 11.3 Å². The van der Waals surface area contributed by atoms with Crippen molar-refractivity contribution in [1.29, 1.82) is 0 Å². The van der Waals surface area contributed by atoms with E-state index in [9.17, 15) is 0 Å². The molecule has 0 fully saturated rings. The van der Waals surface area contributed by atoms with Crippen molar-refractivity contribution in [1.82, 2.24) is 0 Å². The van der Waals surface area contributed by atoms with Crippen LogP contribution in [-0.2, 0) is 8.46 Å². The van der Waals surface area contributed by atoms with Gasteiger partial charge in [-0.25, -0.2) is 0 Å². The van der Waals surface area contributed by atoms with E-state index in [2.05, 4.69) is 88.8 Å². The number of hydrogen-bond donors (Lipinski definition) is 0. The third-order valence-electron chi connectivity index (χ3n) is 3.54. The molecule has 0 N–H and O–H groups in total. The minimum absolute atomic E-state index is 1.01. The van der Waals surface area contributed by atoms with Gasteiger partial charge in [-0.05, 0) is 49.2 Å². The van der Waals surface area contributed by atoms with Crippen LogP contribution in [0.25, 0.3) is 0 Å². The van der Waals surface area contributed by atoms with E-state index in [0.29, 0.717) is 0 Å². The summed E-state index contributed by atoms with van der Waals surface area (Å²) in [6.45, 7) is 4.14. The first kappa shape index (κ1) is 21.8. The molecule has 0 radical (unpaired) electrons. The predicted octanol–water partition coefficient (Wildman–Crippen LogP) is 7.64. The van der Waals surface area contributed by atoms with Crippen molar-refractivity contribution >= 4 is 75.8 Å². The summed E-state index contributed by atoms with van der Waals surface area (Å²) in [6, 6.07) is 20.4. The van der Waals surface area contributed by atoms with Crippen molar-refractivity contribution in [3.63, 3.8) is 0 Å². The average Bonchev–Trinajstić information content (AvgIpc) is 3.09. The van der Waals surface area contributed by atoms with E-state index >= 15 is 0 Å². The topological polar surface area (TPSA) is 24.7 Å². The zero-order valence-electron chi connectivity index (χ0n) is 14.3. The molecule has 0 unspecified atom stereocenters. The maximum absolute atomic E-state index is 4.56. The molecule has 0 saturated carbocycles. The molecule has 1 heterocycles. The second kappa shape index (κ2) is 12.0.